The summed E-state index contributed by atoms with van der Waals surface area (Å²) in [7, 11) is 0. The maximum Gasteiger partial charge on any atom is 0.0143 e. The molecule has 0 fully saturated rings. The van der Waals surface area contributed by atoms with Gasteiger partial charge in [-0.15, -0.1) is 0 Å². The van der Waals surface area contributed by atoms with Crippen LogP contribution in [-0.4, -0.2) is 6.54 Å². The summed E-state index contributed by atoms with van der Waals surface area (Å²) in [5.41, 5.74) is 2.49. The van der Waals surface area contributed by atoms with Crippen molar-refractivity contribution in [3.05, 3.63) is 24.4 Å². The van der Waals surface area contributed by atoms with Gasteiger partial charge in [0.15, 0.2) is 0 Å². The second-order valence-electron chi connectivity index (χ2n) is 5.80. The third-order valence-electron chi connectivity index (χ3n) is 3.43. The lowest BCUT2D eigenvalue weighted by Crippen LogP contribution is -2.18. The molecule has 0 saturated heterocycles. The van der Waals surface area contributed by atoms with Crippen LogP contribution in [0.4, 0.5) is 0 Å². The Bertz CT molecular complexity index is 238. The van der Waals surface area contributed by atoms with Crippen LogP contribution in [0.25, 0.3) is 0 Å². The standard InChI is InChI=1S/C16H31N/c1-12(2)15(7)17-11-9-8-10-16(13(3)4)14(5)6/h12,14,16-17H,3,7-11H2,1-2,4-6H3. The molecule has 0 aliphatic carbocycles. The van der Waals surface area contributed by atoms with Gasteiger partial charge < -0.3 is 5.32 Å². The maximum atomic E-state index is 4.10. The van der Waals surface area contributed by atoms with E-state index in [1.807, 2.05) is 0 Å². The van der Waals surface area contributed by atoms with Gasteiger partial charge in [-0.25, -0.2) is 0 Å². The van der Waals surface area contributed by atoms with Crippen LogP contribution in [0.2, 0.25) is 0 Å². The third kappa shape index (κ3) is 7.25. The number of hydrogen-bond acceptors (Lipinski definition) is 1. The Balaban J connectivity index is 3.70. The molecule has 0 heterocycles. The maximum absolute atomic E-state index is 4.10. The van der Waals surface area contributed by atoms with Crippen LogP contribution in [0.5, 0.6) is 0 Å². The fourth-order valence-electron chi connectivity index (χ4n) is 2.09. The molecule has 0 spiro atoms. The molecule has 0 radical (unpaired) electrons. The van der Waals surface area contributed by atoms with Crippen LogP contribution in [0, 0.1) is 17.8 Å². The number of unbranched alkanes of at least 4 members (excludes halogenated alkanes) is 1. The molecule has 0 rings (SSSR count). The first-order chi connectivity index (χ1) is 7.86. The van der Waals surface area contributed by atoms with Gasteiger partial charge in [0.25, 0.3) is 0 Å². The first-order valence-corrected chi connectivity index (χ1v) is 6.94. The summed E-state index contributed by atoms with van der Waals surface area (Å²) in [5, 5.41) is 3.40. The van der Waals surface area contributed by atoms with Gasteiger partial charge >= 0.3 is 0 Å². The Labute approximate surface area is 108 Å². The lowest BCUT2D eigenvalue weighted by atomic mass is 9.85. The topological polar surface area (TPSA) is 12.0 Å². The summed E-state index contributed by atoms with van der Waals surface area (Å²) >= 11 is 0. The van der Waals surface area contributed by atoms with Gasteiger partial charge in [0, 0.05) is 12.2 Å². The first-order valence-electron chi connectivity index (χ1n) is 6.94. The summed E-state index contributed by atoms with van der Waals surface area (Å²) < 4.78 is 0. The van der Waals surface area contributed by atoms with Gasteiger partial charge in [0.1, 0.15) is 0 Å². The molecule has 0 bridgehead atoms. The molecule has 1 nitrogen and oxygen atoms in total. The van der Waals surface area contributed by atoms with E-state index in [1.54, 1.807) is 0 Å². The van der Waals surface area contributed by atoms with Crippen molar-refractivity contribution in [3.63, 3.8) is 0 Å². The molecule has 100 valence electrons. The van der Waals surface area contributed by atoms with E-state index >= 15 is 0 Å². The molecule has 1 N–H and O–H groups in total. The summed E-state index contributed by atoms with van der Waals surface area (Å²) in [4.78, 5) is 0. The van der Waals surface area contributed by atoms with Crippen LogP contribution in [0.15, 0.2) is 24.4 Å². The Morgan fingerprint density at radius 2 is 1.65 bits per heavy atom. The zero-order chi connectivity index (χ0) is 13.4. The van der Waals surface area contributed by atoms with Gasteiger partial charge in [0.05, 0.1) is 0 Å². The predicted octanol–water partition coefficient (Wildman–Crippen LogP) is 4.76. The molecule has 17 heavy (non-hydrogen) atoms. The van der Waals surface area contributed by atoms with Crippen molar-refractivity contribution in [2.24, 2.45) is 17.8 Å². The van der Waals surface area contributed by atoms with Gasteiger partial charge in [-0.05, 0) is 37.5 Å². The minimum absolute atomic E-state index is 0.536. The zero-order valence-corrected chi connectivity index (χ0v) is 12.5. The minimum Gasteiger partial charge on any atom is -0.389 e. The molecular formula is C16H31N. The van der Waals surface area contributed by atoms with E-state index in [2.05, 4.69) is 53.1 Å². The van der Waals surface area contributed by atoms with Crippen LogP contribution in [-0.2, 0) is 0 Å². The highest BCUT2D eigenvalue weighted by molar-refractivity contribution is 4.97. The van der Waals surface area contributed by atoms with E-state index in [0.29, 0.717) is 17.8 Å². The molecule has 0 aromatic rings. The number of rotatable bonds is 9. The minimum atomic E-state index is 0.536. The average molecular weight is 237 g/mol. The molecule has 0 aromatic heterocycles. The Hall–Kier alpha value is -0.720. The van der Waals surface area contributed by atoms with Crippen LogP contribution < -0.4 is 5.32 Å². The Morgan fingerprint density at radius 1 is 1.06 bits per heavy atom. The van der Waals surface area contributed by atoms with Crippen LogP contribution in [0.1, 0.15) is 53.9 Å². The van der Waals surface area contributed by atoms with E-state index in [-0.39, 0.29) is 0 Å². The number of hydrogen-bond donors (Lipinski definition) is 1. The fraction of sp³-hybridized carbons (Fsp3) is 0.750. The molecule has 0 aromatic carbocycles. The Morgan fingerprint density at radius 3 is 2.06 bits per heavy atom. The molecule has 1 heteroatoms. The normalized spacial score (nSPS) is 12.9. The largest absolute Gasteiger partial charge is 0.389 e. The summed E-state index contributed by atoms with van der Waals surface area (Å²) in [6.45, 7) is 20.2. The molecule has 0 amide bonds. The van der Waals surface area contributed by atoms with Crippen molar-refractivity contribution in [2.45, 2.75) is 53.9 Å². The average Bonchev–Trinajstić information content (AvgIpc) is 2.21. The van der Waals surface area contributed by atoms with Crippen LogP contribution >= 0.6 is 0 Å². The summed E-state index contributed by atoms with van der Waals surface area (Å²) in [6.07, 6.45) is 3.76. The van der Waals surface area contributed by atoms with E-state index in [1.165, 1.54) is 24.8 Å². The van der Waals surface area contributed by atoms with E-state index in [0.717, 1.165) is 12.2 Å². The van der Waals surface area contributed by atoms with Crippen molar-refractivity contribution in [1.82, 2.24) is 5.32 Å². The lowest BCUT2D eigenvalue weighted by molar-refractivity contribution is 0.398. The molecule has 0 saturated carbocycles. The molecule has 1 unspecified atom stereocenters. The van der Waals surface area contributed by atoms with Crippen molar-refractivity contribution in [3.8, 4) is 0 Å². The van der Waals surface area contributed by atoms with Gasteiger partial charge in [-0.2, -0.15) is 0 Å². The van der Waals surface area contributed by atoms with Gasteiger partial charge in [-0.1, -0.05) is 52.8 Å². The van der Waals surface area contributed by atoms with Crippen molar-refractivity contribution < 1.29 is 0 Å². The highest BCUT2D eigenvalue weighted by Crippen LogP contribution is 2.24. The van der Waals surface area contributed by atoms with Crippen LogP contribution in [0.3, 0.4) is 0 Å². The second-order valence-corrected chi connectivity index (χ2v) is 5.80. The molecule has 0 aliphatic heterocycles. The SMILES string of the molecule is C=C(NCCCCC(C(=C)C)C(C)C)C(C)C. The van der Waals surface area contributed by atoms with Crippen molar-refractivity contribution in [2.75, 3.05) is 6.54 Å². The molecule has 0 aliphatic rings. The molecule has 1 atom stereocenters. The highest BCUT2D eigenvalue weighted by Gasteiger charge is 2.13. The van der Waals surface area contributed by atoms with E-state index in [4.69, 9.17) is 0 Å². The zero-order valence-electron chi connectivity index (χ0n) is 12.5. The van der Waals surface area contributed by atoms with E-state index in [9.17, 15) is 0 Å². The lowest BCUT2D eigenvalue weighted by Gasteiger charge is -2.21. The molecular weight excluding hydrogens is 206 g/mol. The monoisotopic (exact) mass is 237 g/mol. The fourth-order valence-corrected chi connectivity index (χ4v) is 2.09. The third-order valence-corrected chi connectivity index (χ3v) is 3.43. The van der Waals surface area contributed by atoms with Gasteiger partial charge in [-0.3, -0.25) is 0 Å². The highest BCUT2D eigenvalue weighted by atomic mass is 14.9. The first kappa shape index (κ1) is 16.3. The number of nitrogens with one attached hydrogen (secondary N) is 1. The van der Waals surface area contributed by atoms with Gasteiger partial charge in [0.2, 0.25) is 0 Å². The van der Waals surface area contributed by atoms with E-state index < -0.39 is 0 Å². The predicted molar refractivity (Wildman–Crippen MR) is 79.0 cm³/mol. The second kappa shape index (κ2) is 8.38. The quantitative estimate of drug-likeness (QED) is 0.450. The summed E-state index contributed by atoms with van der Waals surface area (Å²) in [5.74, 6) is 1.93. The van der Waals surface area contributed by atoms with Crippen molar-refractivity contribution in [1.29, 1.82) is 0 Å². The summed E-state index contributed by atoms with van der Waals surface area (Å²) in [6, 6.07) is 0. The smallest absolute Gasteiger partial charge is 0.0143 e. The van der Waals surface area contributed by atoms with Crippen molar-refractivity contribution >= 4 is 0 Å². The Kier molecular flexibility index (Phi) is 8.03. The number of allylic oxidation sites excluding steroid dienone is 2.